The molecule has 0 unspecified atom stereocenters. The van der Waals surface area contributed by atoms with Crippen LogP contribution in [0.3, 0.4) is 0 Å². The van der Waals surface area contributed by atoms with Gasteiger partial charge < -0.3 is 13.9 Å². The zero-order valence-electron chi connectivity index (χ0n) is 16.3. The predicted octanol–water partition coefficient (Wildman–Crippen LogP) is 3.64. The van der Waals surface area contributed by atoms with Crippen molar-refractivity contribution in [1.82, 2.24) is 4.40 Å². The van der Waals surface area contributed by atoms with Crippen molar-refractivity contribution in [2.24, 2.45) is 0 Å². The molecule has 0 atom stereocenters. The van der Waals surface area contributed by atoms with Crippen LogP contribution in [0.2, 0.25) is 0 Å². The minimum atomic E-state index is -1.57. The third-order valence-electron chi connectivity index (χ3n) is 5.85. The maximum atomic E-state index is 14.7. The largest absolute Gasteiger partial charge is 0.477 e. The van der Waals surface area contributed by atoms with Gasteiger partial charge in [0.15, 0.2) is 27.8 Å². The first-order valence-corrected chi connectivity index (χ1v) is 9.63. The Bertz CT molecular complexity index is 2040. The number of benzene rings is 4. The van der Waals surface area contributed by atoms with Gasteiger partial charge in [-0.2, -0.15) is 4.39 Å². The lowest BCUT2D eigenvalue weighted by atomic mass is 10.0. The van der Waals surface area contributed by atoms with Gasteiger partial charge in [-0.25, -0.2) is 9.18 Å². The van der Waals surface area contributed by atoms with Gasteiger partial charge in [-0.05, 0) is 18.2 Å². The van der Waals surface area contributed by atoms with E-state index in [1.807, 2.05) is 0 Å². The van der Waals surface area contributed by atoms with Crippen LogP contribution in [0.25, 0.3) is 49.1 Å². The van der Waals surface area contributed by atoms with Crippen molar-refractivity contribution < 1.29 is 23.1 Å². The molecular formula is C24H9F2NO6. The number of rotatable bonds is 1. The Kier molecular flexibility index (Phi) is 3.58. The third-order valence-corrected chi connectivity index (χ3v) is 5.85. The third kappa shape index (κ3) is 2.35. The molecule has 2 heterocycles. The molecule has 0 spiro atoms. The molecule has 1 N–H and O–H groups in total. The summed E-state index contributed by atoms with van der Waals surface area (Å²) >= 11 is 0. The first-order chi connectivity index (χ1) is 15.8. The molecule has 33 heavy (non-hydrogen) atoms. The van der Waals surface area contributed by atoms with Gasteiger partial charge in [-0.3, -0.25) is 14.4 Å². The number of hydrogen-bond donors (Lipinski definition) is 1. The van der Waals surface area contributed by atoms with E-state index in [4.69, 9.17) is 4.42 Å². The zero-order valence-corrected chi connectivity index (χ0v) is 16.3. The van der Waals surface area contributed by atoms with Crippen LogP contribution in [0.5, 0.6) is 0 Å². The Balaban J connectivity index is 1.96. The molecule has 6 rings (SSSR count). The highest BCUT2D eigenvalue weighted by molar-refractivity contribution is 6.05. The maximum Gasteiger partial charge on any atom is 0.341 e. The SMILES string of the molecule is O=C(O)c1cn2c3cc4c(=O)c5ccccc5c(=O)c4cc3oc3c(F)c(F)cc(c1=O)c32. The second kappa shape index (κ2) is 6.19. The number of hydrogen-bond acceptors (Lipinski definition) is 5. The van der Waals surface area contributed by atoms with Crippen molar-refractivity contribution in [3.8, 4) is 0 Å². The van der Waals surface area contributed by atoms with Gasteiger partial charge >= 0.3 is 5.97 Å². The van der Waals surface area contributed by atoms with Crippen molar-refractivity contribution in [1.29, 1.82) is 0 Å². The summed E-state index contributed by atoms with van der Waals surface area (Å²) in [7, 11) is 0. The second-order valence-corrected chi connectivity index (χ2v) is 7.62. The Labute approximate surface area is 179 Å². The number of carbonyl (C=O) groups is 1. The molecule has 0 aliphatic heterocycles. The van der Waals surface area contributed by atoms with E-state index in [2.05, 4.69) is 0 Å². The van der Waals surface area contributed by atoms with E-state index < -0.39 is 50.4 Å². The fourth-order valence-corrected chi connectivity index (χ4v) is 4.33. The normalized spacial score (nSPS) is 11.9. The Morgan fingerprint density at radius 1 is 0.848 bits per heavy atom. The van der Waals surface area contributed by atoms with E-state index in [1.54, 1.807) is 12.1 Å². The number of carboxylic acid groups (broad SMARTS) is 1. The lowest BCUT2D eigenvalue weighted by Gasteiger charge is -2.13. The van der Waals surface area contributed by atoms with Gasteiger partial charge in [-0.1, -0.05) is 24.3 Å². The van der Waals surface area contributed by atoms with Gasteiger partial charge in [0.2, 0.25) is 11.2 Å². The van der Waals surface area contributed by atoms with Gasteiger partial charge in [0.1, 0.15) is 11.1 Å². The average molecular weight is 445 g/mol. The van der Waals surface area contributed by atoms with Gasteiger partial charge in [-0.15, -0.1) is 0 Å². The summed E-state index contributed by atoms with van der Waals surface area (Å²) in [5.41, 5.74) is -3.40. The second-order valence-electron chi connectivity index (χ2n) is 7.62. The van der Waals surface area contributed by atoms with E-state index in [0.717, 1.165) is 10.6 Å². The fraction of sp³-hybridized carbons (Fsp3) is 0. The standard InChI is InChI=1S/C24H9F2NO6/c25-15-5-13-19-23(18(15)26)33-17-7-12-11(20(28)9-3-1-2-4-10(9)21(12)29)6-16(17)27(19)8-14(22(13)30)24(31)32/h1-8H,(H,31,32). The van der Waals surface area contributed by atoms with Gasteiger partial charge in [0, 0.05) is 27.7 Å². The fourth-order valence-electron chi connectivity index (χ4n) is 4.33. The summed E-state index contributed by atoms with van der Waals surface area (Å²) in [6, 6.07) is 9.42. The molecule has 0 fully saturated rings. The van der Waals surface area contributed by atoms with Gasteiger partial charge in [0.25, 0.3) is 0 Å². The summed E-state index contributed by atoms with van der Waals surface area (Å²) in [5, 5.41) is 9.52. The average Bonchev–Trinajstić information content (AvgIpc) is 2.81. The quantitative estimate of drug-likeness (QED) is 0.306. The zero-order chi connectivity index (χ0) is 23.2. The van der Waals surface area contributed by atoms with Crippen LogP contribution in [0, 0.1) is 11.6 Å². The van der Waals surface area contributed by atoms with Crippen LogP contribution in [-0.2, 0) is 0 Å². The number of halogens is 2. The molecule has 0 radical (unpaired) electrons. The molecule has 0 bridgehead atoms. The molecule has 0 aliphatic rings. The van der Waals surface area contributed by atoms with Crippen LogP contribution in [0.15, 0.2) is 67.5 Å². The molecular weight excluding hydrogens is 436 g/mol. The van der Waals surface area contributed by atoms with Crippen molar-refractivity contribution in [3.05, 3.63) is 96.5 Å². The van der Waals surface area contributed by atoms with E-state index in [0.29, 0.717) is 6.07 Å². The number of pyridine rings is 1. The van der Waals surface area contributed by atoms with E-state index in [-0.39, 0.29) is 38.2 Å². The van der Waals surface area contributed by atoms with E-state index >= 15 is 0 Å². The molecule has 7 nitrogen and oxygen atoms in total. The molecule has 0 aliphatic carbocycles. The van der Waals surface area contributed by atoms with Gasteiger partial charge in [0.05, 0.1) is 10.9 Å². The molecule has 9 heteroatoms. The molecule has 2 aromatic heterocycles. The number of carboxylic acids is 1. The van der Waals surface area contributed by atoms with Crippen molar-refractivity contribution in [3.63, 3.8) is 0 Å². The smallest absolute Gasteiger partial charge is 0.341 e. The number of aromatic nitrogens is 1. The molecule has 160 valence electrons. The van der Waals surface area contributed by atoms with Crippen LogP contribution in [0.1, 0.15) is 10.4 Å². The minimum Gasteiger partial charge on any atom is -0.477 e. The van der Waals surface area contributed by atoms with Crippen LogP contribution in [-0.4, -0.2) is 15.5 Å². The summed E-state index contributed by atoms with van der Waals surface area (Å²) in [4.78, 5) is 50.4. The monoisotopic (exact) mass is 445 g/mol. The molecule has 0 amide bonds. The Hall–Kier alpha value is -4.66. The Morgan fingerprint density at radius 3 is 2.12 bits per heavy atom. The van der Waals surface area contributed by atoms with E-state index in [1.165, 1.54) is 24.3 Å². The number of aromatic carboxylic acids is 1. The number of nitrogens with zero attached hydrogens (tertiary/aromatic N) is 1. The highest BCUT2D eigenvalue weighted by atomic mass is 19.2. The lowest BCUT2D eigenvalue weighted by Crippen LogP contribution is -2.18. The maximum absolute atomic E-state index is 14.7. The first-order valence-electron chi connectivity index (χ1n) is 9.63. The molecule has 0 saturated carbocycles. The topological polar surface area (TPSA) is 106 Å². The number of fused-ring (bicyclic) bond motifs is 4. The van der Waals surface area contributed by atoms with Crippen molar-refractivity contribution in [2.75, 3.05) is 0 Å². The Morgan fingerprint density at radius 2 is 1.48 bits per heavy atom. The molecule has 4 aromatic carbocycles. The van der Waals surface area contributed by atoms with E-state index in [9.17, 15) is 33.1 Å². The molecule has 0 saturated heterocycles. The van der Waals surface area contributed by atoms with Crippen LogP contribution in [0.4, 0.5) is 8.78 Å². The molecule has 6 aromatic rings. The highest BCUT2D eigenvalue weighted by Crippen LogP contribution is 2.31. The van der Waals surface area contributed by atoms with Crippen molar-refractivity contribution >= 4 is 55.1 Å². The summed E-state index contributed by atoms with van der Waals surface area (Å²) < 4.78 is 35.6. The summed E-state index contributed by atoms with van der Waals surface area (Å²) in [5.74, 6) is -4.34. The summed E-state index contributed by atoms with van der Waals surface area (Å²) in [6.07, 6.45) is 0.963. The van der Waals surface area contributed by atoms with Crippen LogP contribution < -0.4 is 16.3 Å². The van der Waals surface area contributed by atoms with Crippen LogP contribution >= 0.6 is 0 Å². The highest BCUT2D eigenvalue weighted by Gasteiger charge is 2.23. The van der Waals surface area contributed by atoms with Crippen molar-refractivity contribution in [2.45, 2.75) is 0 Å². The lowest BCUT2D eigenvalue weighted by molar-refractivity contribution is 0.0695. The minimum absolute atomic E-state index is 0.00783. The summed E-state index contributed by atoms with van der Waals surface area (Å²) in [6.45, 7) is 0. The first kappa shape index (κ1) is 19.1. The predicted molar refractivity (Wildman–Crippen MR) is 117 cm³/mol.